The Hall–Kier alpha value is -1.81. The molecule has 0 atom stereocenters. The first kappa shape index (κ1) is 17.6. The van der Waals surface area contributed by atoms with Crippen LogP contribution in [0.25, 0.3) is 5.41 Å². The number of benzene rings is 1. The Balaban J connectivity index is 0. The van der Waals surface area contributed by atoms with Gasteiger partial charge in [0.2, 0.25) is 6.08 Å². The number of rotatable bonds is 2. The van der Waals surface area contributed by atoms with Crippen LogP contribution >= 0.6 is 0 Å². The molecular formula is C10H7AgN2O4. The van der Waals surface area contributed by atoms with Crippen LogP contribution in [0.1, 0.15) is 10.4 Å². The third kappa shape index (κ3) is 6.37. The quantitative estimate of drug-likeness (QED) is 0.461. The van der Waals surface area contributed by atoms with Gasteiger partial charge in [-0.1, -0.05) is 12.1 Å². The van der Waals surface area contributed by atoms with Crippen molar-refractivity contribution < 1.29 is 41.5 Å². The molecule has 1 aromatic carbocycles. The third-order valence-corrected chi connectivity index (χ3v) is 1.48. The number of carbonyl (C=O) groups excluding carboxylic acids is 3. The Morgan fingerprint density at radius 3 is 2.35 bits per heavy atom. The summed E-state index contributed by atoms with van der Waals surface area (Å²) < 4.78 is 4.90. The molecule has 0 unspecified atom stereocenters. The molecule has 1 aromatic rings. The van der Waals surface area contributed by atoms with Gasteiger partial charge in [-0.25, -0.2) is 4.79 Å². The number of hydrogen-bond acceptors (Lipinski definition) is 4. The van der Waals surface area contributed by atoms with Gasteiger partial charge in [-0.05, 0) is 18.2 Å². The van der Waals surface area contributed by atoms with Crippen LogP contribution in [-0.4, -0.2) is 25.2 Å². The van der Waals surface area contributed by atoms with E-state index in [0.29, 0.717) is 11.8 Å². The Morgan fingerprint density at radius 1 is 1.35 bits per heavy atom. The molecule has 1 rings (SSSR count). The fourth-order valence-corrected chi connectivity index (χ4v) is 0.923. The number of nitrogens with zero attached hydrogens (tertiary/aromatic N) is 2. The van der Waals surface area contributed by atoms with Crippen molar-refractivity contribution in [2.24, 2.45) is 4.99 Å². The maximum atomic E-state index is 11.1. The zero-order valence-electron chi connectivity index (χ0n) is 8.64. The SMILES string of the molecule is COc1ccccc1C(=O)N=C=O.[Ag+].[N-]=C=O. The Morgan fingerprint density at radius 2 is 1.88 bits per heavy atom. The van der Waals surface area contributed by atoms with E-state index < -0.39 is 5.91 Å². The average molecular weight is 327 g/mol. The van der Waals surface area contributed by atoms with Gasteiger partial charge in [-0.2, -0.15) is 0 Å². The second-order valence-corrected chi connectivity index (χ2v) is 2.30. The first-order valence-electron chi connectivity index (χ1n) is 3.97. The molecule has 0 spiro atoms. The number of aliphatic imine (C=N–C) groups is 1. The average Bonchev–Trinajstić information content (AvgIpc) is 2.30. The van der Waals surface area contributed by atoms with E-state index in [2.05, 4.69) is 4.99 Å². The summed E-state index contributed by atoms with van der Waals surface area (Å²) in [6.07, 6.45) is 1.69. The predicted octanol–water partition coefficient (Wildman–Crippen LogP) is 1.06. The maximum Gasteiger partial charge on any atom is 1.00 e. The standard InChI is InChI=1S/C9H7NO3.CNO.Ag/c1-13-8-5-3-2-4-7(8)9(12)10-6-11;2-1-3;/h2-5H,1H3;;/q;-1;+1. The van der Waals surface area contributed by atoms with E-state index in [4.69, 9.17) is 14.9 Å². The van der Waals surface area contributed by atoms with E-state index in [1.54, 1.807) is 18.2 Å². The van der Waals surface area contributed by atoms with Gasteiger partial charge in [0.25, 0.3) is 5.91 Å². The Kier molecular flexibility index (Phi) is 11.1. The molecule has 1 amide bonds. The second-order valence-electron chi connectivity index (χ2n) is 2.30. The molecule has 0 aliphatic carbocycles. The number of isocyanates is 2. The monoisotopic (exact) mass is 326 g/mol. The van der Waals surface area contributed by atoms with Gasteiger partial charge >= 0.3 is 22.4 Å². The zero-order valence-corrected chi connectivity index (χ0v) is 10.1. The van der Waals surface area contributed by atoms with E-state index in [-0.39, 0.29) is 27.9 Å². The fourth-order valence-electron chi connectivity index (χ4n) is 0.923. The second kappa shape index (κ2) is 10.7. The van der Waals surface area contributed by atoms with Crippen molar-refractivity contribution in [3.63, 3.8) is 0 Å². The smallest absolute Gasteiger partial charge is 0.724 e. The number of hydrogen-bond donors (Lipinski definition) is 0. The van der Waals surface area contributed by atoms with Gasteiger partial charge in [0.05, 0.1) is 12.7 Å². The Bertz CT molecular complexity index is 449. The topological polar surface area (TPSA) is 95.1 Å². The van der Waals surface area contributed by atoms with Crippen LogP contribution in [0.4, 0.5) is 0 Å². The zero-order chi connectivity index (χ0) is 12.4. The van der Waals surface area contributed by atoms with Crippen LogP contribution in [0.2, 0.25) is 0 Å². The molecule has 0 saturated carbocycles. The van der Waals surface area contributed by atoms with E-state index in [1.807, 2.05) is 0 Å². The van der Waals surface area contributed by atoms with Crippen molar-refractivity contribution in [3.05, 3.63) is 35.2 Å². The predicted molar refractivity (Wildman–Crippen MR) is 54.5 cm³/mol. The molecule has 0 fully saturated rings. The van der Waals surface area contributed by atoms with Crippen molar-refractivity contribution in [1.29, 1.82) is 0 Å². The van der Waals surface area contributed by atoms with Crippen molar-refractivity contribution in [1.82, 2.24) is 0 Å². The van der Waals surface area contributed by atoms with Gasteiger partial charge in [0, 0.05) is 0 Å². The third-order valence-electron chi connectivity index (χ3n) is 1.48. The summed E-state index contributed by atoms with van der Waals surface area (Å²) in [6.45, 7) is 0. The summed E-state index contributed by atoms with van der Waals surface area (Å²) in [5.41, 5.74) is 0.258. The number of para-hydroxylation sites is 1. The van der Waals surface area contributed by atoms with E-state index in [0.717, 1.165) is 0 Å². The molecule has 0 N–H and O–H groups in total. The first-order valence-corrected chi connectivity index (χ1v) is 3.97. The molecule has 0 aromatic heterocycles. The minimum Gasteiger partial charge on any atom is -0.724 e. The molecule has 92 valence electrons. The van der Waals surface area contributed by atoms with Crippen LogP contribution < -0.4 is 4.74 Å². The maximum absolute atomic E-state index is 11.1. The van der Waals surface area contributed by atoms with E-state index >= 15 is 0 Å². The summed E-state index contributed by atoms with van der Waals surface area (Å²) in [5.74, 6) is -0.251. The van der Waals surface area contributed by atoms with Crippen LogP contribution in [0, 0.1) is 0 Å². The van der Waals surface area contributed by atoms with Gasteiger partial charge in [0.1, 0.15) is 5.75 Å². The Labute approximate surface area is 113 Å². The van der Waals surface area contributed by atoms with Gasteiger partial charge in [0.15, 0.2) is 0 Å². The van der Waals surface area contributed by atoms with Crippen LogP contribution in [0.5, 0.6) is 5.75 Å². The summed E-state index contributed by atoms with van der Waals surface area (Å²) in [5, 5.41) is 6.76. The minimum absolute atomic E-state index is 0. The number of carbonyl (C=O) groups is 1. The molecule has 0 bridgehead atoms. The molecule has 6 nitrogen and oxygen atoms in total. The minimum atomic E-state index is -0.646. The number of ether oxygens (including phenoxy) is 1. The molecule has 0 aliphatic rings. The van der Waals surface area contributed by atoms with Crippen LogP contribution in [0.3, 0.4) is 0 Å². The summed E-state index contributed by atoms with van der Waals surface area (Å²) >= 11 is 0. The van der Waals surface area contributed by atoms with E-state index in [1.165, 1.54) is 19.3 Å². The first-order chi connectivity index (χ1) is 7.71. The van der Waals surface area contributed by atoms with Crippen molar-refractivity contribution >= 4 is 18.1 Å². The van der Waals surface area contributed by atoms with Crippen LogP contribution in [0.15, 0.2) is 29.3 Å². The van der Waals surface area contributed by atoms with Crippen molar-refractivity contribution in [3.8, 4) is 5.75 Å². The van der Waals surface area contributed by atoms with Crippen LogP contribution in [-0.2, 0) is 32.0 Å². The molecular weight excluding hydrogens is 320 g/mol. The van der Waals surface area contributed by atoms with Crippen molar-refractivity contribution in [2.45, 2.75) is 0 Å². The normalized spacial score (nSPS) is 7.12. The molecule has 17 heavy (non-hydrogen) atoms. The van der Waals surface area contributed by atoms with E-state index in [9.17, 15) is 9.59 Å². The summed E-state index contributed by atoms with van der Waals surface area (Å²) in [7, 11) is 1.44. The molecule has 0 radical (unpaired) electrons. The summed E-state index contributed by atoms with van der Waals surface area (Å²) in [4.78, 5) is 32.2. The van der Waals surface area contributed by atoms with Gasteiger partial charge in [-0.15, -0.1) is 4.99 Å². The number of amides is 1. The van der Waals surface area contributed by atoms with Crippen molar-refractivity contribution in [2.75, 3.05) is 7.11 Å². The molecule has 0 aliphatic heterocycles. The molecule has 7 heteroatoms. The van der Waals surface area contributed by atoms with Gasteiger partial charge < -0.3 is 10.1 Å². The number of methoxy groups -OCH3 is 1. The molecule has 0 saturated heterocycles. The molecule has 0 heterocycles. The fraction of sp³-hybridized carbons (Fsp3) is 0.100. The largest absolute Gasteiger partial charge is 1.00 e. The summed E-state index contributed by atoms with van der Waals surface area (Å²) in [6, 6.07) is 6.53. The van der Waals surface area contributed by atoms with Gasteiger partial charge in [-0.3, -0.25) is 9.59 Å².